The first-order chi connectivity index (χ1) is 20.6. The summed E-state index contributed by atoms with van der Waals surface area (Å²) < 4.78 is 23.7. The summed E-state index contributed by atoms with van der Waals surface area (Å²) in [5.74, 6) is 2.14. The second kappa shape index (κ2) is 13.3. The Labute approximate surface area is 246 Å². The molecule has 0 heterocycles. The molecule has 5 aromatic carbocycles. The Morgan fingerprint density at radius 2 is 1.24 bits per heavy atom. The molecule has 0 saturated heterocycles. The maximum Gasteiger partial charge on any atom is 0.150 e. The minimum Gasteiger partial charge on any atom is -0.497 e. The van der Waals surface area contributed by atoms with Gasteiger partial charge in [0.05, 0.1) is 33.5 Å². The number of carbonyl (C=O) groups is 1. The third kappa shape index (κ3) is 6.00. The first kappa shape index (κ1) is 28.9. The number of hydrogen-bond acceptors (Lipinski definition) is 6. The van der Waals surface area contributed by atoms with E-state index in [1.165, 1.54) is 0 Å². The molecule has 0 bridgehead atoms. The van der Waals surface area contributed by atoms with E-state index in [9.17, 15) is 9.90 Å². The second-order valence-corrected chi connectivity index (χ2v) is 9.92. The molecule has 0 amide bonds. The van der Waals surface area contributed by atoms with Crippen molar-refractivity contribution >= 4 is 17.1 Å². The van der Waals surface area contributed by atoms with Crippen LogP contribution in [0.5, 0.6) is 17.2 Å². The highest BCUT2D eigenvalue weighted by atomic mass is 16.5. The number of hydrogen-bond donors (Lipinski definition) is 1. The number of aliphatic hydroxyl groups excluding tert-OH is 1. The van der Waals surface area contributed by atoms with E-state index in [-0.39, 0.29) is 13.2 Å². The van der Waals surface area contributed by atoms with E-state index >= 15 is 0 Å². The van der Waals surface area contributed by atoms with Gasteiger partial charge in [0.1, 0.15) is 22.8 Å². The summed E-state index contributed by atoms with van der Waals surface area (Å²) in [7, 11) is 3.27. The largest absolute Gasteiger partial charge is 0.497 e. The molecule has 5 rings (SSSR count). The lowest BCUT2D eigenvalue weighted by molar-refractivity contribution is -0.0427. The molecule has 6 heteroatoms. The first-order valence-corrected chi connectivity index (χ1v) is 13.9. The van der Waals surface area contributed by atoms with Crippen LogP contribution in [0.15, 0.2) is 115 Å². The highest BCUT2D eigenvalue weighted by molar-refractivity contribution is 6.00. The van der Waals surface area contributed by atoms with E-state index in [0.717, 1.165) is 45.2 Å². The lowest BCUT2D eigenvalue weighted by Crippen LogP contribution is -2.36. The first-order valence-electron chi connectivity index (χ1n) is 13.9. The molecule has 5 aromatic rings. The van der Waals surface area contributed by atoms with Gasteiger partial charge in [0.2, 0.25) is 0 Å². The van der Waals surface area contributed by atoms with Crippen LogP contribution in [0.25, 0.3) is 10.8 Å². The third-order valence-corrected chi connectivity index (χ3v) is 7.42. The Hall–Kier alpha value is -4.65. The molecule has 1 N–H and O–H groups in total. The summed E-state index contributed by atoms with van der Waals surface area (Å²) >= 11 is 0. The van der Waals surface area contributed by atoms with Crippen molar-refractivity contribution in [3.63, 3.8) is 0 Å². The van der Waals surface area contributed by atoms with Crippen molar-refractivity contribution in [3.8, 4) is 17.2 Å². The highest BCUT2D eigenvalue weighted by Crippen LogP contribution is 2.42. The summed E-state index contributed by atoms with van der Waals surface area (Å²) in [5.41, 5.74) is 2.31. The van der Waals surface area contributed by atoms with E-state index < -0.39 is 11.7 Å². The van der Waals surface area contributed by atoms with Crippen molar-refractivity contribution < 1.29 is 28.8 Å². The van der Waals surface area contributed by atoms with Gasteiger partial charge in [-0.15, -0.1) is 0 Å². The third-order valence-electron chi connectivity index (χ3n) is 7.42. The zero-order valence-electron chi connectivity index (χ0n) is 23.7. The van der Waals surface area contributed by atoms with Crippen molar-refractivity contribution in [2.24, 2.45) is 0 Å². The molecule has 0 saturated carbocycles. The number of aldehydes is 1. The standard InChI is InChI=1S/C36H34O6/c1-39-31-17-13-28(14-18-31)36(27-8-4-3-5-9-27,29-15-19-32(40-2)20-16-29)42-25-30(38)22-23-41-35-21-12-26(24-37)33-10-6-7-11-34(33)35/h3-21,24,30,38H,22-23,25H2,1-2H3. The van der Waals surface area contributed by atoms with Crippen molar-refractivity contribution in [1.29, 1.82) is 0 Å². The van der Waals surface area contributed by atoms with Crippen LogP contribution in [0, 0.1) is 0 Å². The Morgan fingerprint density at radius 1 is 0.690 bits per heavy atom. The van der Waals surface area contributed by atoms with Crippen LogP contribution in [0.2, 0.25) is 0 Å². The van der Waals surface area contributed by atoms with Gasteiger partial charge >= 0.3 is 0 Å². The van der Waals surface area contributed by atoms with E-state index in [2.05, 4.69) is 0 Å². The average molecular weight is 563 g/mol. The van der Waals surface area contributed by atoms with Gasteiger partial charge in [0.25, 0.3) is 0 Å². The predicted molar refractivity (Wildman–Crippen MR) is 164 cm³/mol. The number of fused-ring (bicyclic) bond motifs is 1. The van der Waals surface area contributed by atoms with Crippen LogP contribution >= 0.6 is 0 Å². The Kier molecular flexibility index (Phi) is 9.17. The smallest absolute Gasteiger partial charge is 0.150 e. The predicted octanol–water partition coefficient (Wildman–Crippen LogP) is 6.81. The Balaban J connectivity index is 1.40. The molecule has 0 aliphatic rings. The molecule has 1 unspecified atom stereocenters. The van der Waals surface area contributed by atoms with Crippen molar-refractivity contribution in [1.82, 2.24) is 0 Å². The van der Waals surface area contributed by atoms with E-state index in [4.69, 9.17) is 18.9 Å². The van der Waals surface area contributed by atoms with Crippen LogP contribution in [0.1, 0.15) is 33.5 Å². The summed E-state index contributed by atoms with van der Waals surface area (Å²) in [4.78, 5) is 11.5. The summed E-state index contributed by atoms with van der Waals surface area (Å²) in [6.45, 7) is 0.333. The minimum atomic E-state index is -1.01. The molecule has 6 nitrogen and oxygen atoms in total. The highest BCUT2D eigenvalue weighted by Gasteiger charge is 2.38. The van der Waals surface area contributed by atoms with Gasteiger partial charge in [-0.25, -0.2) is 0 Å². The maximum atomic E-state index is 11.5. The summed E-state index contributed by atoms with van der Waals surface area (Å²) in [6, 6.07) is 36.7. The normalized spacial score (nSPS) is 12.1. The van der Waals surface area contributed by atoms with Gasteiger partial charge < -0.3 is 24.1 Å². The van der Waals surface area contributed by atoms with E-state index in [1.807, 2.05) is 103 Å². The number of benzene rings is 5. The molecule has 0 aromatic heterocycles. The van der Waals surface area contributed by atoms with Crippen LogP contribution in [0.4, 0.5) is 0 Å². The molecular formula is C36H34O6. The van der Waals surface area contributed by atoms with Gasteiger partial charge in [0.15, 0.2) is 6.29 Å². The summed E-state index contributed by atoms with van der Waals surface area (Å²) in [5, 5.41) is 12.8. The van der Waals surface area contributed by atoms with Gasteiger partial charge in [-0.05, 0) is 58.5 Å². The molecule has 0 fully saturated rings. The molecule has 0 aliphatic carbocycles. The Morgan fingerprint density at radius 3 is 1.81 bits per heavy atom. The zero-order chi connectivity index (χ0) is 29.4. The van der Waals surface area contributed by atoms with E-state index in [1.54, 1.807) is 26.4 Å². The molecule has 0 aliphatic heterocycles. The molecule has 214 valence electrons. The average Bonchev–Trinajstić information content (AvgIpc) is 3.06. The van der Waals surface area contributed by atoms with Crippen LogP contribution < -0.4 is 14.2 Å². The van der Waals surface area contributed by atoms with Gasteiger partial charge in [-0.3, -0.25) is 4.79 Å². The lowest BCUT2D eigenvalue weighted by Gasteiger charge is -2.36. The lowest BCUT2D eigenvalue weighted by atomic mass is 9.80. The van der Waals surface area contributed by atoms with Gasteiger partial charge in [-0.1, -0.05) is 78.9 Å². The number of rotatable bonds is 13. The van der Waals surface area contributed by atoms with Crippen LogP contribution in [0.3, 0.4) is 0 Å². The van der Waals surface area contributed by atoms with E-state index in [0.29, 0.717) is 17.7 Å². The van der Waals surface area contributed by atoms with Crippen molar-refractivity contribution in [2.75, 3.05) is 27.4 Å². The molecule has 0 radical (unpaired) electrons. The zero-order valence-corrected chi connectivity index (χ0v) is 23.7. The number of carbonyl (C=O) groups excluding carboxylic acids is 1. The SMILES string of the molecule is COc1ccc(C(OCC(O)CCOc2ccc(C=O)c3ccccc23)(c2ccccc2)c2ccc(OC)cc2)cc1. The van der Waals surface area contributed by atoms with Gasteiger partial charge in [-0.2, -0.15) is 0 Å². The topological polar surface area (TPSA) is 74.2 Å². The maximum absolute atomic E-state index is 11.5. The minimum absolute atomic E-state index is 0.0567. The fourth-order valence-electron chi connectivity index (χ4n) is 5.21. The quantitative estimate of drug-likeness (QED) is 0.126. The van der Waals surface area contributed by atoms with Gasteiger partial charge in [0, 0.05) is 17.4 Å². The van der Waals surface area contributed by atoms with Crippen LogP contribution in [-0.2, 0) is 10.3 Å². The number of ether oxygens (including phenoxy) is 4. The summed E-state index contributed by atoms with van der Waals surface area (Å²) in [6.07, 6.45) is 0.391. The molecule has 42 heavy (non-hydrogen) atoms. The number of methoxy groups -OCH3 is 2. The number of aliphatic hydroxyl groups is 1. The Bertz CT molecular complexity index is 1550. The molecule has 0 spiro atoms. The van der Waals surface area contributed by atoms with Crippen molar-refractivity contribution in [3.05, 3.63) is 138 Å². The van der Waals surface area contributed by atoms with Crippen LogP contribution in [-0.4, -0.2) is 44.9 Å². The fourth-order valence-corrected chi connectivity index (χ4v) is 5.21. The monoisotopic (exact) mass is 562 g/mol. The van der Waals surface area contributed by atoms with Crippen molar-refractivity contribution in [2.45, 2.75) is 18.1 Å². The fraction of sp³-hybridized carbons (Fsp3) is 0.194. The molecular weight excluding hydrogens is 528 g/mol. The second-order valence-electron chi connectivity index (χ2n) is 9.92. The molecule has 1 atom stereocenters.